The quantitative estimate of drug-likeness (QED) is 0.642. The number of hydrogen-bond acceptors (Lipinski definition) is 4. The van der Waals surface area contributed by atoms with Crippen molar-refractivity contribution in [1.82, 2.24) is 4.90 Å². The van der Waals surface area contributed by atoms with Gasteiger partial charge in [0.2, 0.25) is 0 Å². The highest BCUT2D eigenvalue weighted by atomic mass is 16.5. The lowest BCUT2D eigenvalue weighted by molar-refractivity contribution is 0.0785. The van der Waals surface area contributed by atoms with E-state index in [0.717, 1.165) is 31.9 Å². The van der Waals surface area contributed by atoms with Gasteiger partial charge in [0.25, 0.3) is 11.8 Å². The van der Waals surface area contributed by atoms with E-state index in [-0.39, 0.29) is 11.8 Å². The van der Waals surface area contributed by atoms with Crippen molar-refractivity contribution in [3.8, 4) is 0 Å². The van der Waals surface area contributed by atoms with Gasteiger partial charge < -0.3 is 19.9 Å². The Hall–Kier alpha value is -3.64. The number of nitrogens with zero attached hydrogens (tertiary/aromatic N) is 2. The highest BCUT2D eigenvalue weighted by Gasteiger charge is 2.14. The topological polar surface area (TPSA) is 61.9 Å². The monoisotopic (exact) mass is 429 g/mol. The number of ether oxygens (including phenoxy) is 1. The van der Waals surface area contributed by atoms with E-state index in [0.29, 0.717) is 23.4 Å². The van der Waals surface area contributed by atoms with Crippen LogP contribution in [0.3, 0.4) is 0 Å². The lowest BCUT2D eigenvalue weighted by atomic mass is 10.1. The number of morpholine rings is 1. The first-order chi connectivity index (χ1) is 15.6. The molecule has 0 saturated carbocycles. The first-order valence-corrected chi connectivity index (χ1v) is 10.7. The molecule has 1 fully saturated rings. The predicted octanol–water partition coefficient (Wildman–Crippen LogP) is 4.05. The van der Waals surface area contributed by atoms with Gasteiger partial charge in [0.05, 0.1) is 13.2 Å². The van der Waals surface area contributed by atoms with E-state index in [1.165, 1.54) is 5.69 Å². The number of carbonyl (C=O) groups excluding carboxylic acids is 2. The van der Waals surface area contributed by atoms with Crippen molar-refractivity contribution in [3.05, 3.63) is 95.6 Å². The maximum atomic E-state index is 12.8. The molecule has 32 heavy (non-hydrogen) atoms. The molecule has 164 valence electrons. The summed E-state index contributed by atoms with van der Waals surface area (Å²) in [5.41, 5.74) is 4.07. The van der Waals surface area contributed by atoms with Gasteiger partial charge >= 0.3 is 0 Å². The largest absolute Gasteiger partial charge is 0.378 e. The minimum Gasteiger partial charge on any atom is -0.378 e. The third kappa shape index (κ3) is 5.34. The van der Waals surface area contributed by atoms with Crippen LogP contribution >= 0.6 is 0 Å². The van der Waals surface area contributed by atoms with Gasteiger partial charge in [-0.1, -0.05) is 30.3 Å². The molecule has 1 saturated heterocycles. The average Bonchev–Trinajstić information content (AvgIpc) is 2.85. The lowest BCUT2D eigenvalue weighted by Gasteiger charge is -2.29. The molecule has 1 heterocycles. The average molecular weight is 430 g/mol. The second-order valence-electron chi connectivity index (χ2n) is 7.82. The molecule has 1 N–H and O–H groups in total. The Morgan fingerprint density at radius 2 is 1.53 bits per heavy atom. The van der Waals surface area contributed by atoms with Gasteiger partial charge in [0.15, 0.2) is 0 Å². The molecule has 1 aliphatic heterocycles. The molecule has 0 aromatic heterocycles. The molecule has 6 nitrogen and oxygen atoms in total. The van der Waals surface area contributed by atoms with Gasteiger partial charge in [-0.2, -0.15) is 0 Å². The minimum absolute atomic E-state index is 0.0665. The highest BCUT2D eigenvalue weighted by molar-refractivity contribution is 6.04. The Morgan fingerprint density at radius 1 is 0.875 bits per heavy atom. The highest BCUT2D eigenvalue weighted by Crippen LogP contribution is 2.18. The summed E-state index contributed by atoms with van der Waals surface area (Å²) in [6.07, 6.45) is 0. The summed E-state index contributed by atoms with van der Waals surface area (Å²) in [5.74, 6) is -0.245. The second kappa shape index (κ2) is 10.1. The van der Waals surface area contributed by atoms with E-state index in [9.17, 15) is 9.59 Å². The van der Waals surface area contributed by atoms with Gasteiger partial charge in [-0.05, 0) is 54.1 Å². The van der Waals surface area contributed by atoms with Gasteiger partial charge in [-0.15, -0.1) is 0 Å². The van der Waals surface area contributed by atoms with Crippen molar-refractivity contribution in [2.45, 2.75) is 6.54 Å². The van der Waals surface area contributed by atoms with E-state index in [4.69, 9.17) is 4.74 Å². The summed E-state index contributed by atoms with van der Waals surface area (Å²) >= 11 is 0. The zero-order chi connectivity index (χ0) is 22.3. The Kier molecular flexibility index (Phi) is 6.82. The van der Waals surface area contributed by atoms with Crippen LogP contribution in [0.5, 0.6) is 0 Å². The molecule has 1 aliphatic rings. The molecule has 0 spiro atoms. The number of rotatable bonds is 6. The number of benzene rings is 3. The van der Waals surface area contributed by atoms with Crippen molar-refractivity contribution in [1.29, 1.82) is 0 Å². The van der Waals surface area contributed by atoms with Gasteiger partial charge in [-0.3, -0.25) is 9.59 Å². The van der Waals surface area contributed by atoms with Crippen LogP contribution in [0.25, 0.3) is 0 Å². The van der Waals surface area contributed by atoms with E-state index in [2.05, 4.69) is 34.5 Å². The summed E-state index contributed by atoms with van der Waals surface area (Å²) < 4.78 is 5.41. The van der Waals surface area contributed by atoms with E-state index >= 15 is 0 Å². The normalized spacial score (nSPS) is 13.5. The summed E-state index contributed by atoms with van der Waals surface area (Å²) in [6.45, 7) is 3.84. The van der Waals surface area contributed by atoms with Crippen LogP contribution < -0.4 is 10.2 Å². The molecule has 3 aromatic carbocycles. The van der Waals surface area contributed by atoms with E-state index in [1.54, 1.807) is 48.3 Å². The minimum atomic E-state index is -0.178. The maximum absolute atomic E-state index is 12.8. The van der Waals surface area contributed by atoms with Crippen molar-refractivity contribution in [2.75, 3.05) is 43.6 Å². The number of anilines is 2. The molecule has 3 aromatic rings. The van der Waals surface area contributed by atoms with Crippen LogP contribution in [0, 0.1) is 0 Å². The van der Waals surface area contributed by atoms with Gasteiger partial charge in [0.1, 0.15) is 0 Å². The Balaban J connectivity index is 1.33. The molecule has 0 bridgehead atoms. The molecular weight excluding hydrogens is 402 g/mol. The van der Waals surface area contributed by atoms with Crippen molar-refractivity contribution in [3.63, 3.8) is 0 Å². The van der Waals surface area contributed by atoms with Crippen LogP contribution in [0.1, 0.15) is 26.3 Å². The zero-order valence-corrected chi connectivity index (χ0v) is 18.2. The third-order valence-corrected chi connectivity index (χ3v) is 5.50. The van der Waals surface area contributed by atoms with Crippen molar-refractivity contribution >= 4 is 23.2 Å². The Morgan fingerprint density at radius 3 is 2.19 bits per heavy atom. The standard InChI is InChI=1S/C26H27N3O3/c1-28(19-20-7-13-24(14-8-20)29-15-17-32-18-16-29)26(31)22-9-11-23(12-10-22)27-25(30)21-5-3-2-4-6-21/h2-14H,15-19H2,1H3,(H,27,30). The van der Waals surface area contributed by atoms with Crippen LogP contribution in [0.15, 0.2) is 78.9 Å². The third-order valence-electron chi connectivity index (χ3n) is 5.50. The number of amides is 2. The number of hydrogen-bond donors (Lipinski definition) is 1. The predicted molar refractivity (Wildman–Crippen MR) is 126 cm³/mol. The van der Waals surface area contributed by atoms with Crippen LogP contribution in [-0.2, 0) is 11.3 Å². The van der Waals surface area contributed by atoms with Gasteiger partial charge in [-0.25, -0.2) is 0 Å². The van der Waals surface area contributed by atoms with Crippen molar-refractivity contribution < 1.29 is 14.3 Å². The molecule has 0 atom stereocenters. The Bertz CT molecular complexity index is 1040. The fourth-order valence-electron chi connectivity index (χ4n) is 3.69. The van der Waals surface area contributed by atoms with E-state index < -0.39 is 0 Å². The summed E-state index contributed by atoms with van der Waals surface area (Å²) in [6, 6.07) is 24.3. The fraction of sp³-hybridized carbons (Fsp3) is 0.231. The lowest BCUT2D eigenvalue weighted by Crippen LogP contribution is -2.36. The Labute approximate surface area is 188 Å². The molecule has 0 unspecified atom stereocenters. The van der Waals surface area contributed by atoms with Gasteiger partial charge in [0, 0.05) is 49.2 Å². The summed E-state index contributed by atoms with van der Waals surface area (Å²) in [5, 5.41) is 2.85. The van der Waals surface area contributed by atoms with Crippen LogP contribution in [-0.4, -0.2) is 50.1 Å². The SMILES string of the molecule is CN(Cc1ccc(N2CCOCC2)cc1)C(=O)c1ccc(NC(=O)c2ccccc2)cc1. The number of nitrogens with one attached hydrogen (secondary N) is 1. The second-order valence-corrected chi connectivity index (χ2v) is 7.82. The molecule has 0 aliphatic carbocycles. The first kappa shape index (κ1) is 21.6. The van der Waals surface area contributed by atoms with Crippen LogP contribution in [0.2, 0.25) is 0 Å². The van der Waals surface area contributed by atoms with Crippen molar-refractivity contribution in [2.24, 2.45) is 0 Å². The first-order valence-electron chi connectivity index (χ1n) is 10.7. The molecular formula is C26H27N3O3. The van der Waals surface area contributed by atoms with E-state index in [1.807, 2.05) is 18.2 Å². The van der Waals surface area contributed by atoms with Crippen LogP contribution in [0.4, 0.5) is 11.4 Å². The smallest absolute Gasteiger partial charge is 0.255 e. The molecule has 2 amide bonds. The molecule has 6 heteroatoms. The molecule has 4 rings (SSSR count). The maximum Gasteiger partial charge on any atom is 0.255 e. The summed E-state index contributed by atoms with van der Waals surface area (Å²) in [7, 11) is 1.79. The fourth-order valence-corrected chi connectivity index (χ4v) is 3.69. The summed E-state index contributed by atoms with van der Waals surface area (Å²) in [4.78, 5) is 29.1. The number of carbonyl (C=O) groups is 2. The molecule has 0 radical (unpaired) electrons. The zero-order valence-electron chi connectivity index (χ0n) is 18.2.